The summed E-state index contributed by atoms with van der Waals surface area (Å²) in [4.78, 5) is 4.62. The second-order valence-corrected chi connectivity index (χ2v) is 17.4. The van der Waals surface area contributed by atoms with E-state index in [9.17, 15) is 0 Å². The molecule has 0 spiro atoms. The number of hydrogen-bond donors (Lipinski definition) is 1. The summed E-state index contributed by atoms with van der Waals surface area (Å²) in [5, 5.41) is 6.79. The molecule has 1 N–H and O–H groups in total. The summed E-state index contributed by atoms with van der Waals surface area (Å²) < 4.78 is 0. The van der Waals surface area contributed by atoms with Crippen LogP contribution >= 0.6 is 0 Å². The minimum absolute atomic E-state index is 0.398. The molecule has 1 saturated carbocycles. The van der Waals surface area contributed by atoms with Crippen LogP contribution < -0.4 is 5.32 Å². The lowest BCUT2D eigenvalue weighted by Crippen LogP contribution is -2.38. The van der Waals surface area contributed by atoms with Crippen LogP contribution in [0.5, 0.6) is 0 Å². The number of aryl methyl sites for hydroxylation is 1. The number of rotatable bonds is 8. The summed E-state index contributed by atoms with van der Waals surface area (Å²) in [5.74, 6) is 0.608. The van der Waals surface area contributed by atoms with E-state index in [1.165, 1.54) is 85.0 Å². The summed E-state index contributed by atoms with van der Waals surface area (Å²) in [6.07, 6.45) is 22.1. The summed E-state index contributed by atoms with van der Waals surface area (Å²) in [6.45, 7) is 6.94. The number of aromatic nitrogens is 1. The van der Waals surface area contributed by atoms with E-state index >= 15 is 0 Å². The van der Waals surface area contributed by atoms with E-state index in [0.29, 0.717) is 5.92 Å². The highest BCUT2D eigenvalue weighted by Crippen LogP contribution is 2.43. The van der Waals surface area contributed by atoms with Crippen LogP contribution in [0.15, 0.2) is 199 Å². The van der Waals surface area contributed by atoms with Crippen molar-refractivity contribution in [2.45, 2.75) is 64.8 Å². The molecule has 1 aliphatic heterocycles. The number of benzene rings is 5. The van der Waals surface area contributed by atoms with Crippen molar-refractivity contribution in [3.05, 3.63) is 227 Å². The van der Waals surface area contributed by atoms with Crippen LogP contribution in [0.4, 0.5) is 0 Å². The molecule has 62 heavy (non-hydrogen) atoms. The van der Waals surface area contributed by atoms with E-state index in [-0.39, 0.29) is 0 Å². The summed E-state index contributed by atoms with van der Waals surface area (Å²) in [5.41, 5.74) is 19.5. The van der Waals surface area contributed by atoms with Gasteiger partial charge in [0.15, 0.2) is 0 Å². The molecule has 0 amide bonds. The van der Waals surface area contributed by atoms with Gasteiger partial charge in [-0.25, -0.2) is 0 Å². The number of allylic oxidation sites excluding steroid dienone is 8. The second-order valence-electron chi connectivity index (χ2n) is 17.4. The Hall–Kier alpha value is -6.95. The lowest BCUT2D eigenvalue weighted by molar-refractivity contribution is 0.430. The first kappa shape index (κ1) is 39.2. The maximum Gasteiger partial charge on any atom is 0.0646 e. The van der Waals surface area contributed by atoms with E-state index in [2.05, 4.69) is 201 Å². The molecule has 2 heterocycles. The highest BCUT2D eigenvalue weighted by Gasteiger charge is 2.30. The second kappa shape index (κ2) is 16.8. The third-order valence-corrected chi connectivity index (χ3v) is 13.5. The molecule has 2 atom stereocenters. The standard InChI is InChI=1S/C60H52N2/c1-4-42-14-8-16-50-17-10-20-56(58(42)50)57-39-53(33-34-55(57)49-30-27-47(28-31-49)46-25-23-45(24-26-46)43-12-6-5-7-13-43)59-41(2)21-22-48(51-18-9-15-44-29-32-52(44)38-51)35-36-60(3,62-59)54-19-11-37-61-40-54/h5-20,23,25,27-28,30-31,33-35,37-40,44,62H,4,21-22,29,32,36H2,1-3H3/b48-35+,59-41?. The summed E-state index contributed by atoms with van der Waals surface area (Å²) in [7, 11) is 0. The zero-order valence-electron chi connectivity index (χ0n) is 36.0. The zero-order valence-corrected chi connectivity index (χ0v) is 36.0. The van der Waals surface area contributed by atoms with Crippen molar-refractivity contribution in [3.8, 4) is 44.5 Å². The number of nitrogens with one attached hydrogen (secondary N) is 1. The molecule has 0 radical (unpaired) electrons. The van der Waals surface area contributed by atoms with E-state index in [1.54, 1.807) is 5.57 Å². The Bertz CT molecular complexity index is 2920. The molecule has 2 nitrogen and oxygen atoms in total. The van der Waals surface area contributed by atoms with Gasteiger partial charge in [0.05, 0.1) is 5.54 Å². The molecule has 1 aromatic heterocycles. The first-order chi connectivity index (χ1) is 30.4. The van der Waals surface area contributed by atoms with Crippen LogP contribution in [0.3, 0.4) is 0 Å². The van der Waals surface area contributed by atoms with Gasteiger partial charge in [-0.15, -0.1) is 0 Å². The Balaban J connectivity index is 1.08. The fourth-order valence-electron chi connectivity index (χ4n) is 9.67. The monoisotopic (exact) mass is 800 g/mol. The van der Waals surface area contributed by atoms with E-state index in [1.807, 2.05) is 18.5 Å². The fraction of sp³-hybridized carbons (Fsp3) is 0.183. The molecule has 6 aromatic carbocycles. The highest BCUT2D eigenvalue weighted by atomic mass is 15.0. The quantitative estimate of drug-likeness (QED) is 0.166. The molecule has 2 aliphatic carbocycles. The van der Waals surface area contributed by atoms with Gasteiger partial charge in [0.2, 0.25) is 0 Å². The summed E-state index contributed by atoms with van der Waals surface area (Å²) in [6, 6.07) is 55.5. The van der Waals surface area contributed by atoms with Gasteiger partial charge in [-0.1, -0.05) is 164 Å². The third kappa shape index (κ3) is 7.65. The van der Waals surface area contributed by atoms with E-state index in [4.69, 9.17) is 0 Å². The van der Waals surface area contributed by atoms with Gasteiger partial charge in [-0.2, -0.15) is 0 Å². The molecule has 2 unspecified atom stereocenters. The zero-order chi connectivity index (χ0) is 42.0. The Labute approximate surface area is 367 Å². The average molecular weight is 801 g/mol. The maximum atomic E-state index is 4.62. The topological polar surface area (TPSA) is 24.9 Å². The minimum atomic E-state index is -0.398. The number of nitrogens with zero attached hydrogens (tertiary/aromatic N) is 1. The van der Waals surface area contributed by atoms with Crippen LogP contribution in [0.25, 0.3) is 61.0 Å². The molecule has 0 saturated heterocycles. The third-order valence-electron chi connectivity index (χ3n) is 13.5. The molecule has 302 valence electrons. The SMILES string of the molecule is CCc1cccc2cccc(-c3cc(C4=C(C)CC/C(C5=CC=CC6CCC6=C5)=C\CC(C)(c5cccnc5)N4)ccc3-c3ccc(-c4c#cc(-c5ccccc5)cc4)cc3)c12. The minimum Gasteiger partial charge on any atom is -0.375 e. The van der Waals surface area contributed by atoms with E-state index in [0.717, 1.165) is 47.9 Å². The van der Waals surface area contributed by atoms with Gasteiger partial charge in [0, 0.05) is 29.2 Å². The molecule has 3 aliphatic rings. The highest BCUT2D eigenvalue weighted by molar-refractivity contribution is 6.03. The van der Waals surface area contributed by atoms with Gasteiger partial charge >= 0.3 is 0 Å². The predicted molar refractivity (Wildman–Crippen MR) is 260 cm³/mol. The average Bonchev–Trinajstić information content (AvgIpc) is 3.42. The molecule has 0 bridgehead atoms. The molecule has 1 fully saturated rings. The Kier molecular flexibility index (Phi) is 10.6. The number of pyridine rings is 1. The Morgan fingerprint density at radius 1 is 0.710 bits per heavy atom. The lowest BCUT2D eigenvalue weighted by Gasteiger charge is -2.34. The van der Waals surface area contributed by atoms with Crippen LogP contribution in [-0.4, -0.2) is 4.98 Å². The molecule has 7 aromatic rings. The fourth-order valence-corrected chi connectivity index (χ4v) is 9.67. The molecule has 2 heteroatoms. The van der Waals surface area contributed by atoms with Crippen molar-refractivity contribution >= 4 is 16.5 Å². The van der Waals surface area contributed by atoms with Gasteiger partial charge in [0.1, 0.15) is 0 Å². The number of fused-ring (bicyclic) bond motifs is 2. The van der Waals surface area contributed by atoms with Crippen molar-refractivity contribution in [1.29, 1.82) is 0 Å². The first-order valence-electron chi connectivity index (χ1n) is 22.4. The normalized spacial score (nSPS) is 19.5. The van der Waals surface area contributed by atoms with Gasteiger partial charge in [-0.3, -0.25) is 4.98 Å². The Morgan fingerprint density at radius 2 is 1.47 bits per heavy atom. The Morgan fingerprint density at radius 3 is 2.19 bits per heavy atom. The van der Waals surface area contributed by atoms with Gasteiger partial charge in [0.25, 0.3) is 0 Å². The van der Waals surface area contributed by atoms with Crippen LogP contribution in [0.2, 0.25) is 0 Å². The van der Waals surface area contributed by atoms with Crippen molar-refractivity contribution in [3.63, 3.8) is 0 Å². The van der Waals surface area contributed by atoms with Crippen molar-refractivity contribution in [2.24, 2.45) is 5.92 Å². The first-order valence-corrected chi connectivity index (χ1v) is 22.4. The van der Waals surface area contributed by atoms with Crippen LogP contribution in [-0.2, 0) is 12.0 Å². The predicted octanol–water partition coefficient (Wildman–Crippen LogP) is 15.2. The number of hydrogen-bond acceptors (Lipinski definition) is 2. The largest absolute Gasteiger partial charge is 0.375 e. The molecular weight excluding hydrogens is 749 g/mol. The van der Waals surface area contributed by atoms with Crippen LogP contribution in [0.1, 0.15) is 69.6 Å². The van der Waals surface area contributed by atoms with Crippen molar-refractivity contribution < 1.29 is 0 Å². The lowest BCUT2D eigenvalue weighted by atomic mass is 9.78. The van der Waals surface area contributed by atoms with E-state index < -0.39 is 5.54 Å². The summed E-state index contributed by atoms with van der Waals surface area (Å²) >= 11 is 0. The molecule has 10 rings (SSSR count). The van der Waals surface area contributed by atoms with Crippen LogP contribution in [0, 0.1) is 18.1 Å². The maximum absolute atomic E-state index is 4.62. The van der Waals surface area contributed by atoms with Gasteiger partial charge in [-0.05, 0) is 160 Å². The smallest absolute Gasteiger partial charge is 0.0646 e. The molecular formula is C60H52N2. The van der Waals surface area contributed by atoms with Gasteiger partial charge < -0.3 is 5.32 Å². The van der Waals surface area contributed by atoms with Crippen molar-refractivity contribution in [2.75, 3.05) is 0 Å². The van der Waals surface area contributed by atoms with Crippen molar-refractivity contribution in [1.82, 2.24) is 10.3 Å².